The Bertz CT molecular complexity index is 1020. The molecular formula is C41H74NO9P. The van der Waals surface area contributed by atoms with Gasteiger partial charge in [0.2, 0.25) is 0 Å². The lowest BCUT2D eigenvalue weighted by Crippen LogP contribution is -2.29. The Morgan fingerprint density at radius 3 is 1.88 bits per heavy atom. The molecule has 0 amide bonds. The Morgan fingerprint density at radius 2 is 1.25 bits per heavy atom. The van der Waals surface area contributed by atoms with Crippen molar-refractivity contribution in [2.24, 2.45) is 5.73 Å². The maximum absolute atomic E-state index is 12.6. The van der Waals surface area contributed by atoms with Gasteiger partial charge in [0.1, 0.15) is 6.61 Å². The second-order valence-electron chi connectivity index (χ2n) is 13.9. The van der Waals surface area contributed by atoms with Crippen LogP contribution in [-0.2, 0) is 37.4 Å². The van der Waals surface area contributed by atoms with Gasteiger partial charge in [0.15, 0.2) is 6.10 Å². The molecule has 1 heterocycles. The van der Waals surface area contributed by atoms with Crippen LogP contribution in [0.2, 0.25) is 0 Å². The highest BCUT2D eigenvalue weighted by Crippen LogP contribution is 2.43. The van der Waals surface area contributed by atoms with E-state index in [9.17, 15) is 19.0 Å². The molecule has 1 rings (SSSR count). The molecule has 0 aromatic heterocycles. The first-order chi connectivity index (χ1) is 25.3. The van der Waals surface area contributed by atoms with E-state index in [1.54, 1.807) is 0 Å². The van der Waals surface area contributed by atoms with Crippen molar-refractivity contribution in [1.29, 1.82) is 0 Å². The molecular weight excluding hydrogens is 681 g/mol. The molecule has 1 aliphatic heterocycles. The van der Waals surface area contributed by atoms with Gasteiger partial charge in [-0.1, -0.05) is 140 Å². The molecule has 0 aromatic carbocycles. The fraction of sp³-hybridized carbons (Fsp3) is 0.805. The molecule has 1 aliphatic rings. The highest BCUT2D eigenvalue weighted by atomic mass is 31.2. The molecule has 0 radical (unpaired) electrons. The number of carbonyl (C=O) groups excluding carboxylic acids is 2. The van der Waals surface area contributed by atoms with Crippen molar-refractivity contribution >= 4 is 19.8 Å². The molecule has 0 bridgehead atoms. The van der Waals surface area contributed by atoms with Gasteiger partial charge in [-0.15, -0.1) is 0 Å². The van der Waals surface area contributed by atoms with Crippen LogP contribution < -0.4 is 5.73 Å². The molecule has 3 unspecified atom stereocenters. The largest absolute Gasteiger partial charge is 0.472 e. The zero-order valence-electron chi connectivity index (χ0n) is 32.7. The van der Waals surface area contributed by atoms with Crippen LogP contribution in [0.25, 0.3) is 0 Å². The smallest absolute Gasteiger partial charge is 0.462 e. The van der Waals surface area contributed by atoms with Crippen molar-refractivity contribution in [2.45, 2.75) is 186 Å². The van der Waals surface area contributed by atoms with Crippen LogP contribution in [0.3, 0.4) is 0 Å². The summed E-state index contributed by atoms with van der Waals surface area (Å²) in [5.41, 5.74) is 5.34. The number of esters is 2. The molecule has 0 aliphatic carbocycles. The van der Waals surface area contributed by atoms with Gasteiger partial charge in [-0.3, -0.25) is 18.6 Å². The SMILES string of the molecule is CCCCC/C=C\C/C=C\C/C=C\CC1OC1CCCC(=O)O[C@H](COC(=O)CCCCCCCCCCCCCCC)COP(=O)(O)OCCN. The van der Waals surface area contributed by atoms with Crippen LogP contribution in [0.1, 0.15) is 168 Å². The number of ether oxygens (including phenoxy) is 3. The van der Waals surface area contributed by atoms with Crippen molar-refractivity contribution in [2.75, 3.05) is 26.4 Å². The predicted molar refractivity (Wildman–Crippen MR) is 210 cm³/mol. The van der Waals surface area contributed by atoms with Gasteiger partial charge in [-0.25, -0.2) is 4.57 Å². The number of unbranched alkanes of at least 4 members (excludes halogenated alkanes) is 15. The highest BCUT2D eigenvalue weighted by molar-refractivity contribution is 7.47. The third-order valence-corrected chi connectivity index (χ3v) is 9.94. The summed E-state index contributed by atoms with van der Waals surface area (Å²) in [6, 6.07) is 0. The molecule has 52 heavy (non-hydrogen) atoms. The lowest BCUT2D eigenvalue weighted by molar-refractivity contribution is -0.161. The van der Waals surface area contributed by atoms with Crippen molar-refractivity contribution in [3.63, 3.8) is 0 Å². The highest BCUT2D eigenvalue weighted by Gasteiger charge is 2.36. The van der Waals surface area contributed by atoms with Crippen LogP contribution in [-0.4, -0.2) is 61.5 Å². The second-order valence-corrected chi connectivity index (χ2v) is 15.3. The number of hydrogen-bond acceptors (Lipinski definition) is 9. The number of hydrogen-bond donors (Lipinski definition) is 2. The summed E-state index contributed by atoms with van der Waals surface area (Å²) in [5.74, 6) is -0.903. The summed E-state index contributed by atoms with van der Waals surface area (Å²) < 4.78 is 38.5. The lowest BCUT2D eigenvalue weighted by Gasteiger charge is -2.19. The molecule has 4 atom stereocenters. The first-order valence-electron chi connectivity index (χ1n) is 20.6. The Labute approximate surface area is 316 Å². The molecule has 3 N–H and O–H groups in total. The van der Waals surface area contributed by atoms with Crippen LogP contribution >= 0.6 is 7.82 Å². The van der Waals surface area contributed by atoms with Gasteiger partial charge in [0, 0.05) is 19.4 Å². The van der Waals surface area contributed by atoms with Crippen molar-refractivity contribution in [3.05, 3.63) is 36.5 Å². The summed E-state index contributed by atoms with van der Waals surface area (Å²) in [4.78, 5) is 34.9. The molecule has 1 saturated heterocycles. The Morgan fingerprint density at radius 1 is 0.692 bits per heavy atom. The van der Waals surface area contributed by atoms with E-state index in [4.69, 9.17) is 29.0 Å². The number of allylic oxidation sites excluding steroid dienone is 5. The van der Waals surface area contributed by atoms with Crippen LogP contribution in [0.4, 0.5) is 0 Å². The average Bonchev–Trinajstić information content (AvgIpc) is 3.88. The van der Waals surface area contributed by atoms with Gasteiger partial charge in [0.25, 0.3) is 0 Å². The quantitative estimate of drug-likeness (QED) is 0.0206. The standard InChI is InChI=1S/C41H74NO9P/c1-3-5-7-9-11-13-15-17-19-21-23-25-27-31-40(43)47-35-37(36-49-52(45,46)48-34-33-42)50-41(44)32-28-30-39-38(51-39)29-26-24-22-20-18-16-14-12-10-8-6-4-2/h12,14,18,20,24,26,37-39H,3-11,13,15-17,19,21-23,25,27-36,42H2,1-2H3,(H,45,46)/b14-12-,20-18-,26-24-/t37-,38?,39?/m1/s1. The van der Waals surface area contributed by atoms with Crippen LogP contribution in [0, 0.1) is 0 Å². The number of nitrogens with two attached hydrogens (primary N) is 1. The Kier molecular flexibility index (Phi) is 31.3. The van der Waals surface area contributed by atoms with Gasteiger partial charge in [0.05, 0.1) is 25.4 Å². The lowest BCUT2D eigenvalue weighted by atomic mass is 10.0. The topological polar surface area (TPSA) is 147 Å². The Balaban J connectivity index is 2.26. The molecule has 302 valence electrons. The monoisotopic (exact) mass is 756 g/mol. The maximum Gasteiger partial charge on any atom is 0.472 e. The summed E-state index contributed by atoms with van der Waals surface area (Å²) >= 11 is 0. The van der Waals surface area contributed by atoms with E-state index in [2.05, 4.69) is 50.3 Å². The molecule has 1 fully saturated rings. The number of rotatable bonds is 37. The molecule has 10 nitrogen and oxygen atoms in total. The maximum atomic E-state index is 12.6. The third kappa shape index (κ3) is 30.6. The van der Waals surface area contributed by atoms with Crippen molar-refractivity contribution in [1.82, 2.24) is 0 Å². The van der Waals surface area contributed by atoms with E-state index in [0.717, 1.165) is 51.4 Å². The van der Waals surface area contributed by atoms with Crippen molar-refractivity contribution < 1.29 is 42.3 Å². The van der Waals surface area contributed by atoms with Crippen LogP contribution in [0.15, 0.2) is 36.5 Å². The summed E-state index contributed by atoms with van der Waals surface area (Å²) in [7, 11) is -4.40. The average molecular weight is 756 g/mol. The van der Waals surface area contributed by atoms with E-state index in [0.29, 0.717) is 6.42 Å². The minimum Gasteiger partial charge on any atom is -0.462 e. The number of epoxide rings is 1. The minimum absolute atomic E-state index is 0.0414. The van der Waals surface area contributed by atoms with Gasteiger partial charge in [-0.2, -0.15) is 0 Å². The fourth-order valence-electron chi connectivity index (χ4n) is 5.78. The normalized spacial score (nSPS) is 17.6. The van der Waals surface area contributed by atoms with Crippen molar-refractivity contribution in [3.8, 4) is 0 Å². The van der Waals surface area contributed by atoms with E-state index in [1.165, 1.54) is 83.5 Å². The third-order valence-electron chi connectivity index (χ3n) is 8.95. The van der Waals surface area contributed by atoms with E-state index >= 15 is 0 Å². The predicted octanol–water partition coefficient (Wildman–Crippen LogP) is 10.4. The summed E-state index contributed by atoms with van der Waals surface area (Å²) in [5, 5.41) is 0. The summed E-state index contributed by atoms with van der Waals surface area (Å²) in [6.45, 7) is 3.61. The Hall–Kier alpha value is -1.81. The zero-order valence-corrected chi connectivity index (χ0v) is 33.6. The molecule has 0 saturated carbocycles. The van der Waals surface area contributed by atoms with E-state index in [-0.39, 0.29) is 44.8 Å². The molecule has 0 spiro atoms. The van der Waals surface area contributed by atoms with Gasteiger partial charge < -0.3 is 24.8 Å². The van der Waals surface area contributed by atoms with Gasteiger partial charge >= 0.3 is 19.8 Å². The van der Waals surface area contributed by atoms with E-state index < -0.39 is 32.5 Å². The van der Waals surface area contributed by atoms with E-state index in [1.807, 2.05) is 0 Å². The number of phosphoric acid groups is 1. The zero-order chi connectivity index (χ0) is 38.0. The minimum atomic E-state index is -4.40. The molecule has 0 aromatic rings. The first kappa shape index (κ1) is 48.2. The molecule has 11 heteroatoms. The fourth-order valence-corrected chi connectivity index (χ4v) is 6.54. The number of phosphoric ester groups is 1. The first-order valence-corrected chi connectivity index (χ1v) is 22.1. The van der Waals surface area contributed by atoms with Gasteiger partial charge in [-0.05, 0) is 51.4 Å². The number of carbonyl (C=O) groups is 2. The summed E-state index contributed by atoms with van der Waals surface area (Å²) in [6.07, 6.45) is 37.6. The second kappa shape index (κ2) is 33.7. The van der Waals surface area contributed by atoms with Crippen LogP contribution in [0.5, 0.6) is 0 Å².